The molecule has 3 N–H and O–H groups in total. The van der Waals surface area contributed by atoms with Crippen LogP contribution >= 0.6 is 0 Å². The summed E-state index contributed by atoms with van der Waals surface area (Å²) in [5.74, 6) is 0.367. The first-order valence-corrected chi connectivity index (χ1v) is 12.8. The zero-order valence-electron chi connectivity index (χ0n) is 20.4. The van der Waals surface area contributed by atoms with Crippen LogP contribution in [0.4, 0.5) is 15.3 Å². The number of nitrogens with two attached hydrogens (primary N) is 1. The average Bonchev–Trinajstić information content (AvgIpc) is 3.68. The highest BCUT2D eigenvalue weighted by molar-refractivity contribution is 5.89. The van der Waals surface area contributed by atoms with Gasteiger partial charge in [0, 0.05) is 31.4 Å². The number of imidazole rings is 1. The molecule has 0 bridgehead atoms. The van der Waals surface area contributed by atoms with Crippen LogP contribution in [-0.2, 0) is 11.2 Å². The highest BCUT2D eigenvalue weighted by atomic mass is 16.5. The number of nitrogens with zero attached hydrogens (tertiary/aromatic N) is 3. The summed E-state index contributed by atoms with van der Waals surface area (Å²) in [5, 5.41) is 3.02. The second kappa shape index (κ2) is 10.5. The molecule has 3 aromatic rings. The zero-order valence-corrected chi connectivity index (χ0v) is 20.4. The Bertz CT molecular complexity index is 1300. The van der Waals surface area contributed by atoms with Crippen molar-refractivity contribution in [3.05, 3.63) is 64.6 Å². The number of ether oxygens (including phenoxy) is 1. The number of para-hydroxylation sites is 2. The molecular weight excluding hydrogens is 458 g/mol. The first-order valence-electron chi connectivity index (χ1n) is 12.8. The summed E-state index contributed by atoms with van der Waals surface area (Å²) in [6, 6.07) is 15.8. The predicted octanol–water partition coefficient (Wildman–Crippen LogP) is 3.64. The Morgan fingerprint density at radius 2 is 1.75 bits per heavy atom. The fourth-order valence-electron chi connectivity index (χ4n) is 5.12. The van der Waals surface area contributed by atoms with Gasteiger partial charge in [-0.1, -0.05) is 24.3 Å². The zero-order chi connectivity index (χ0) is 25.1. The number of benzene rings is 2. The quantitative estimate of drug-likeness (QED) is 0.467. The number of carbonyl (C=O) groups is 2. The van der Waals surface area contributed by atoms with E-state index in [-0.39, 0.29) is 17.8 Å². The van der Waals surface area contributed by atoms with Crippen LogP contribution in [0.15, 0.2) is 53.3 Å². The molecule has 2 aliphatic rings. The Hall–Kier alpha value is -3.75. The molecule has 1 saturated heterocycles. The largest absolute Gasteiger partial charge is 0.450 e. The van der Waals surface area contributed by atoms with Crippen molar-refractivity contribution in [2.45, 2.75) is 44.6 Å². The number of nitrogens with one attached hydrogen (secondary N) is 1. The summed E-state index contributed by atoms with van der Waals surface area (Å²) >= 11 is 0. The Morgan fingerprint density at radius 3 is 2.47 bits per heavy atom. The maximum atomic E-state index is 13.0. The lowest BCUT2D eigenvalue weighted by Gasteiger charge is -2.34. The van der Waals surface area contributed by atoms with E-state index in [9.17, 15) is 14.4 Å². The molecule has 0 unspecified atom stereocenters. The number of hydrogen-bond donors (Lipinski definition) is 2. The third kappa shape index (κ3) is 5.24. The van der Waals surface area contributed by atoms with Crippen LogP contribution in [0, 0.1) is 5.92 Å². The van der Waals surface area contributed by atoms with Gasteiger partial charge in [-0.3, -0.25) is 4.57 Å². The SMILES string of the molecule is NC(=O)OCCCc1cccc(N2CCC(CNC(=O)n3c(=O)n(C4CC4)c4ccccc43)CC2)c1. The molecule has 9 nitrogen and oxygen atoms in total. The fourth-order valence-corrected chi connectivity index (χ4v) is 5.12. The van der Waals surface area contributed by atoms with E-state index in [1.54, 1.807) is 4.57 Å². The molecule has 1 aromatic heterocycles. The third-order valence-corrected chi connectivity index (χ3v) is 7.18. The van der Waals surface area contributed by atoms with Gasteiger partial charge in [0.05, 0.1) is 17.6 Å². The first-order chi connectivity index (χ1) is 17.5. The van der Waals surface area contributed by atoms with Crippen molar-refractivity contribution < 1.29 is 14.3 Å². The summed E-state index contributed by atoms with van der Waals surface area (Å²) in [4.78, 5) is 39.1. The molecule has 190 valence electrons. The molecule has 2 fully saturated rings. The van der Waals surface area contributed by atoms with Gasteiger partial charge in [0.15, 0.2) is 0 Å². The Kier molecular flexibility index (Phi) is 6.97. The summed E-state index contributed by atoms with van der Waals surface area (Å²) in [6.45, 7) is 2.71. The van der Waals surface area contributed by atoms with Crippen molar-refractivity contribution in [3.8, 4) is 0 Å². The van der Waals surface area contributed by atoms with Crippen LogP contribution in [0.3, 0.4) is 0 Å². The van der Waals surface area contributed by atoms with Crippen LogP contribution in [0.2, 0.25) is 0 Å². The van der Waals surface area contributed by atoms with Gasteiger partial charge >= 0.3 is 17.8 Å². The van der Waals surface area contributed by atoms with Crippen molar-refractivity contribution in [1.82, 2.24) is 14.5 Å². The second-order valence-corrected chi connectivity index (χ2v) is 9.77. The highest BCUT2D eigenvalue weighted by Crippen LogP contribution is 2.36. The minimum atomic E-state index is -0.736. The molecule has 5 rings (SSSR count). The molecule has 1 aliphatic carbocycles. The summed E-state index contributed by atoms with van der Waals surface area (Å²) in [5.41, 5.74) is 8.65. The Balaban J connectivity index is 1.14. The van der Waals surface area contributed by atoms with E-state index >= 15 is 0 Å². The number of aromatic nitrogens is 2. The van der Waals surface area contributed by atoms with Crippen molar-refractivity contribution in [2.24, 2.45) is 11.7 Å². The minimum absolute atomic E-state index is 0.211. The number of carbonyl (C=O) groups excluding carboxylic acids is 2. The number of piperidine rings is 1. The fraction of sp³-hybridized carbons (Fsp3) is 0.444. The van der Waals surface area contributed by atoms with Crippen molar-refractivity contribution >= 4 is 28.8 Å². The average molecular weight is 492 g/mol. The molecule has 9 heteroatoms. The third-order valence-electron chi connectivity index (χ3n) is 7.18. The molecule has 2 heterocycles. The Labute approximate surface area is 209 Å². The molecule has 0 spiro atoms. The van der Waals surface area contributed by atoms with Gasteiger partial charge in [-0.15, -0.1) is 0 Å². The molecule has 36 heavy (non-hydrogen) atoms. The Morgan fingerprint density at radius 1 is 1.00 bits per heavy atom. The topological polar surface area (TPSA) is 112 Å². The van der Waals surface area contributed by atoms with Gasteiger partial charge < -0.3 is 20.7 Å². The molecule has 2 amide bonds. The van der Waals surface area contributed by atoms with Crippen LogP contribution < -0.4 is 21.6 Å². The monoisotopic (exact) mass is 491 g/mol. The number of hydrogen-bond acceptors (Lipinski definition) is 5. The van der Waals surface area contributed by atoms with Gasteiger partial charge in [-0.05, 0) is 74.3 Å². The van der Waals surface area contributed by atoms with E-state index in [4.69, 9.17) is 10.5 Å². The highest BCUT2D eigenvalue weighted by Gasteiger charge is 2.30. The number of anilines is 1. The molecule has 1 aliphatic heterocycles. The number of aryl methyl sites for hydroxylation is 1. The summed E-state index contributed by atoms with van der Waals surface area (Å²) in [7, 11) is 0. The molecule has 0 radical (unpaired) electrons. The van der Waals surface area contributed by atoms with Gasteiger partial charge in [0.1, 0.15) is 0 Å². The molecule has 0 atom stereocenters. The maximum absolute atomic E-state index is 13.0. The lowest BCUT2D eigenvalue weighted by molar-refractivity contribution is 0.155. The molecule has 2 aromatic carbocycles. The van der Waals surface area contributed by atoms with E-state index in [0.717, 1.165) is 57.1 Å². The summed E-state index contributed by atoms with van der Waals surface area (Å²) < 4.78 is 7.87. The lowest BCUT2D eigenvalue weighted by atomic mass is 9.96. The number of rotatable bonds is 8. The van der Waals surface area contributed by atoms with Gasteiger partial charge in [-0.25, -0.2) is 19.0 Å². The molecule has 1 saturated carbocycles. The van der Waals surface area contributed by atoms with Gasteiger partial charge in [0.25, 0.3) is 0 Å². The standard InChI is InChI=1S/C27H33N5O4/c28-25(33)36-16-4-6-19-5-3-7-22(17-19)30-14-12-20(13-15-30)18-29-26(34)32-24-9-2-1-8-23(24)31(27(32)35)21-10-11-21/h1-3,5,7-9,17,20-21H,4,6,10-16,18H2,(H2,28,33)(H,29,34). The normalized spacial score (nSPS) is 16.3. The van der Waals surface area contributed by atoms with Crippen LogP contribution in [0.25, 0.3) is 11.0 Å². The van der Waals surface area contributed by atoms with E-state index in [1.165, 1.54) is 15.8 Å². The maximum Gasteiger partial charge on any atom is 0.404 e. The molecular formula is C27H33N5O4. The van der Waals surface area contributed by atoms with Crippen molar-refractivity contribution in [3.63, 3.8) is 0 Å². The lowest BCUT2D eigenvalue weighted by Crippen LogP contribution is -2.42. The second-order valence-electron chi connectivity index (χ2n) is 9.77. The first kappa shape index (κ1) is 24.0. The van der Waals surface area contributed by atoms with Crippen LogP contribution in [-0.4, -0.2) is 47.5 Å². The van der Waals surface area contributed by atoms with E-state index < -0.39 is 6.09 Å². The van der Waals surface area contributed by atoms with Crippen molar-refractivity contribution in [1.29, 1.82) is 0 Å². The van der Waals surface area contributed by atoms with Crippen LogP contribution in [0.5, 0.6) is 0 Å². The van der Waals surface area contributed by atoms with Crippen LogP contribution in [0.1, 0.15) is 43.7 Å². The van der Waals surface area contributed by atoms with Crippen molar-refractivity contribution in [2.75, 3.05) is 31.1 Å². The van der Waals surface area contributed by atoms with E-state index in [2.05, 4.69) is 34.5 Å². The van der Waals surface area contributed by atoms with Gasteiger partial charge in [0.2, 0.25) is 0 Å². The number of fused-ring (bicyclic) bond motifs is 1. The van der Waals surface area contributed by atoms with E-state index in [1.807, 2.05) is 24.3 Å². The smallest absolute Gasteiger partial charge is 0.404 e. The summed E-state index contributed by atoms with van der Waals surface area (Å²) in [6.07, 6.45) is 4.73. The number of amides is 2. The predicted molar refractivity (Wildman–Crippen MR) is 139 cm³/mol. The van der Waals surface area contributed by atoms with E-state index in [0.29, 0.717) is 24.6 Å². The minimum Gasteiger partial charge on any atom is -0.450 e. The number of primary amides is 1. The van der Waals surface area contributed by atoms with Gasteiger partial charge in [-0.2, -0.15) is 0 Å².